The molecule has 4 aromatic heterocycles. The predicted octanol–water partition coefficient (Wildman–Crippen LogP) is 5.72. The van der Waals surface area contributed by atoms with Gasteiger partial charge in [0.1, 0.15) is 5.56 Å². The number of fused-ring (bicyclic) bond motifs is 3. The number of carbonyl (C=O) groups excluding carboxylic acids is 1. The molecule has 0 bridgehead atoms. The fourth-order valence-corrected chi connectivity index (χ4v) is 5.83. The third kappa shape index (κ3) is 4.52. The van der Waals surface area contributed by atoms with Gasteiger partial charge in [0, 0.05) is 53.5 Å². The van der Waals surface area contributed by atoms with Crippen LogP contribution in [0.25, 0.3) is 33.0 Å². The minimum absolute atomic E-state index is 0.207. The van der Waals surface area contributed by atoms with Gasteiger partial charge in [0.15, 0.2) is 5.65 Å². The van der Waals surface area contributed by atoms with Crippen LogP contribution in [-0.2, 0) is 7.05 Å². The number of carbonyl (C=O) groups is 1. The van der Waals surface area contributed by atoms with Gasteiger partial charge < -0.3 is 9.88 Å². The first-order valence-electron chi connectivity index (χ1n) is 14.3. The van der Waals surface area contributed by atoms with Crippen LogP contribution >= 0.6 is 0 Å². The van der Waals surface area contributed by atoms with Gasteiger partial charge in [-0.3, -0.25) is 14.2 Å². The van der Waals surface area contributed by atoms with Crippen molar-refractivity contribution in [2.24, 2.45) is 7.05 Å². The van der Waals surface area contributed by atoms with Gasteiger partial charge in [-0.15, -0.1) is 0 Å². The maximum absolute atomic E-state index is 14.4. The predicted molar refractivity (Wildman–Crippen MR) is 172 cm³/mol. The second kappa shape index (κ2) is 10.7. The van der Waals surface area contributed by atoms with Crippen LogP contribution in [0.5, 0.6) is 0 Å². The average molecular weight is 577 g/mol. The van der Waals surface area contributed by atoms with E-state index in [0.717, 1.165) is 21.9 Å². The topological polar surface area (TPSA) is 86.2 Å². The van der Waals surface area contributed by atoms with E-state index in [9.17, 15) is 9.59 Å². The standard InChI is InChI=1S/C36H28N6O2/c1-23(38-35(43)32-24(2)39-41-20-10-19-37-34(32)41)31-21-26-12-9-11-25(33(26)36(44)42(31)28-13-5-4-6-14-28)17-18-27-22-40(3)30-16-8-7-15-29(27)30/h4-16,19-23H,1-3H3,(H,38,43)/t23-/m1/s1. The maximum Gasteiger partial charge on any atom is 0.264 e. The van der Waals surface area contributed by atoms with E-state index >= 15 is 0 Å². The molecule has 7 aromatic rings. The smallest absolute Gasteiger partial charge is 0.264 e. The minimum Gasteiger partial charge on any atom is -0.349 e. The van der Waals surface area contributed by atoms with Gasteiger partial charge in [-0.2, -0.15) is 5.10 Å². The number of nitrogens with one attached hydrogen (secondary N) is 1. The zero-order valence-corrected chi connectivity index (χ0v) is 24.4. The number of hydrogen-bond acceptors (Lipinski definition) is 4. The number of aromatic nitrogens is 5. The third-order valence-electron chi connectivity index (χ3n) is 7.91. The zero-order chi connectivity index (χ0) is 30.4. The summed E-state index contributed by atoms with van der Waals surface area (Å²) in [6.07, 6.45) is 5.40. The minimum atomic E-state index is -0.525. The Morgan fingerprint density at radius 1 is 0.932 bits per heavy atom. The fourth-order valence-electron chi connectivity index (χ4n) is 5.83. The Labute approximate surface area is 253 Å². The van der Waals surface area contributed by atoms with E-state index in [1.165, 1.54) is 0 Å². The number of hydrogen-bond donors (Lipinski definition) is 1. The lowest BCUT2D eigenvalue weighted by molar-refractivity contribution is 0.0939. The summed E-state index contributed by atoms with van der Waals surface area (Å²) in [4.78, 5) is 32.3. The first-order valence-corrected chi connectivity index (χ1v) is 14.3. The second-order valence-corrected chi connectivity index (χ2v) is 10.8. The summed E-state index contributed by atoms with van der Waals surface area (Å²) >= 11 is 0. The second-order valence-electron chi connectivity index (χ2n) is 10.8. The van der Waals surface area contributed by atoms with Crippen LogP contribution in [0.3, 0.4) is 0 Å². The molecule has 0 spiro atoms. The van der Waals surface area contributed by atoms with Gasteiger partial charge in [0.05, 0.1) is 22.7 Å². The molecule has 1 atom stereocenters. The lowest BCUT2D eigenvalue weighted by Gasteiger charge is -2.21. The van der Waals surface area contributed by atoms with Crippen LogP contribution in [0, 0.1) is 18.8 Å². The van der Waals surface area contributed by atoms with E-state index in [1.54, 1.807) is 34.5 Å². The van der Waals surface area contributed by atoms with Crippen LogP contribution in [0.1, 0.15) is 45.8 Å². The fraction of sp³-hybridized carbons (Fsp3) is 0.111. The highest BCUT2D eigenvalue weighted by Crippen LogP contribution is 2.25. The van der Waals surface area contributed by atoms with E-state index in [0.29, 0.717) is 39.2 Å². The van der Waals surface area contributed by atoms with E-state index in [2.05, 4.69) is 43.9 Å². The van der Waals surface area contributed by atoms with Gasteiger partial charge >= 0.3 is 0 Å². The van der Waals surface area contributed by atoms with Crippen molar-refractivity contribution in [3.63, 3.8) is 0 Å². The van der Waals surface area contributed by atoms with Gasteiger partial charge in [-0.1, -0.05) is 60.4 Å². The number of nitrogens with zero attached hydrogens (tertiary/aromatic N) is 5. The maximum atomic E-state index is 14.4. The molecule has 4 heterocycles. The molecule has 0 aliphatic rings. The van der Waals surface area contributed by atoms with Crippen molar-refractivity contribution >= 4 is 33.2 Å². The van der Waals surface area contributed by atoms with Gasteiger partial charge in [0.2, 0.25) is 0 Å². The highest BCUT2D eigenvalue weighted by Gasteiger charge is 2.23. The van der Waals surface area contributed by atoms with Crippen molar-refractivity contribution in [2.45, 2.75) is 19.9 Å². The molecule has 8 nitrogen and oxygen atoms in total. The molecule has 214 valence electrons. The number of rotatable bonds is 4. The van der Waals surface area contributed by atoms with E-state index in [1.807, 2.05) is 86.9 Å². The van der Waals surface area contributed by atoms with E-state index < -0.39 is 6.04 Å². The quantitative estimate of drug-likeness (QED) is 0.272. The molecule has 0 radical (unpaired) electrons. The number of benzene rings is 3. The molecule has 0 saturated carbocycles. The Morgan fingerprint density at radius 3 is 2.55 bits per heavy atom. The van der Waals surface area contributed by atoms with Crippen molar-refractivity contribution in [2.75, 3.05) is 0 Å². The Hall–Kier alpha value is -5.94. The summed E-state index contributed by atoms with van der Waals surface area (Å²) in [5.41, 5.74) is 5.21. The molecule has 0 aliphatic carbocycles. The number of aryl methyl sites for hydroxylation is 2. The zero-order valence-electron chi connectivity index (χ0n) is 24.4. The van der Waals surface area contributed by atoms with Crippen LogP contribution in [0.15, 0.2) is 108 Å². The SMILES string of the molecule is Cc1nn2cccnc2c1C(=O)N[C@H](C)c1cc2cccc(C#Cc3cn(C)c4ccccc34)c2c(=O)n1-c1ccccc1. The molecule has 8 heteroatoms. The van der Waals surface area contributed by atoms with Crippen LogP contribution in [0.2, 0.25) is 0 Å². The summed E-state index contributed by atoms with van der Waals surface area (Å²) in [5, 5.41) is 9.85. The summed E-state index contributed by atoms with van der Waals surface area (Å²) < 4.78 is 5.31. The Bertz CT molecular complexity index is 2350. The average Bonchev–Trinajstić information content (AvgIpc) is 3.55. The van der Waals surface area contributed by atoms with Crippen molar-refractivity contribution in [3.05, 3.63) is 142 Å². The van der Waals surface area contributed by atoms with Crippen LogP contribution in [0.4, 0.5) is 0 Å². The number of amides is 1. The van der Waals surface area contributed by atoms with E-state index in [-0.39, 0.29) is 11.5 Å². The van der Waals surface area contributed by atoms with Crippen molar-refractivity contribution < 1.29 is 4.79 Å². The Balaban J connectivity index is 1.35. The van der Waals surface area contributed by atoms with Crippen LogP contribution in [-0.4, -0.2) is 29.6 Å². The highest BCUT2D eigenvalue weighted by atomic mass is 16.2. The number of pyridine rings is 1. The highest BCUT2D eigenvalue weighted by molar-refractivity contribution is 6.01. The van der Waals surface area contributed by atoms with Gasteiger partial charge in [-0.25, -0.2) is 9.50 Å². The molecule has 0 aliphatic heterocycles. The monoisotopic (exact) mass is 576 g/mol. The van der Waals surface area contributed by atoms with E-state index in [4.69, 9.17) is 0 Å². The molecule has 1 amide bonds. The molecule has 44 heavy (non-hydrogen) atoms. The lowest BCUT2D eigenvalue weighted by atomic mass is 10.0. The van der Waals surface area contributed by atoms with Crippen molar-refractivity contribution in [1.29, 1.82) is 0 Å². The first kappa shape index (κ1) is 26.9. The summed E-state index contributed by atoms with van der Waals surface area (Å²) in [7, 11) is 2.00. The lowest BCUT2D eigenvalue weighted by Crippen LogP contribution is -2.32. The molecule has 7 rings (SSSR count). The molecular formula is C36H28N6O2. The van der Waals surface area contributed by atoms with Crippen molar-refractivity contribution in [3.8, 4) is 17.5 Å². The summed E-state index contributed by atoms with van der Waals surface area (Å²) in [6.45, 7) is 3.65. The molecule has 0 fully saturated rings. The Morgan fingerprint density at radius 2 is 1.70 bits per heavy atom. The molecule has 3 aromatic carbocycles. The number of para-hydroxylation sites is 2. The largest absolute Gasteiger partial charge is 0.349 e. The third-order valence-corrected chi connectivity index (χ3v) is 7.91. The van der Waals surface area contributed by atoms with Crippen LogP contribution < -0.4 is 10.9 Å². The normalized spacial score (nSPS) is 11.9. The molecule has 1 N–H and O–H groups in total. The molecular weight excluding hydrogens is 548 g/mol. The molecule has 0 saturated heterocycles. The summed E-state index contributed by atoms with van der Waals surface area (Å²) in [6, 6.07) is 26.5. The molecule has 0 unspecified atom stereocenters. The first-order chi connectivity index (χ1) is 21.4. The van der Waals surface area contributed by atoms with Gasteiger partial charge in [-0.05, 0) is 55.6 Å². The van der Waals surface area contributed by atoms with Crippen molar-refractivity contribution in [1.82, 2.24) is 29.0 Å². The van der Waals surface area contributed by atoms with Gasteiger partial charge in [0.25, 0.3) is 11.5 Å². The summed E-state index contributed by atoms with van der Waals surface area (Å²) in [5.74, 6) is 6.29. The Kier molecular flexibility index (Phi) is 6.56.